The highest BCUT2D eigenvalue weighted by molar-refractivity contribution is 5.91. The number of rotatable bonds is 4. The topological polar surface area (TPSA) is 140 Å². The van der Waals surface area contributed by atoms with E-state index in [2.05, 4.69) is 19.9 Å². The van der Waals surface area contributed by atoms with Gasteiger partial charge in [-0.1, -0.05) is 0 Å². The fourth-order valence-corrected chi connectivity index (χ4v) is 3.43. The molecule has 4 heterocycles. The number of amides is 1. The van der Waals surface area contributed by atoms with Gasteiger partial charge < -0.3 is 25.2 Å². The molecule has 3 N–H and O–H groups in total. The van der Waals surface area contributed by atoms with Crippen LogP contribution < -0.4 is 15.5 Å². The minimum atomic E-state index is -4.83. The predicted molar refractivity (Wildman–Crippen MR) is 105 cm³/mol. The van der Waals surface area contributed by atoms with E-state index in [0.29, 0.717) is 26.3 Å². The lowest BCUT2D eigenvalue weighted by atomic mass is 10.0. The van der Waals surface area contributed by atoms with Crippen LogP contribution in [0.4, 0.5) is 35.7 Å². The van der Waals surface area contributed by atoms with Gasteiger partial charge in [0.15, 0.2) is 5.69 Å². The van der Waals surface area contributed by atoms with E-state index in [1.54, 1.807) is 11.8 Å². The number of carbonyl (C=O) groups excluding carboxylic acids is 1. The van der Waals surface area contributed by atoms with Crippen LogP contribution in [0.25, 0.3) is 11.3 Å². The third kappa shape index (κ3) is 3.98. The Labute approximate surface area is 180 Å². The molecule has 2 aromatic heterocycles. The van der Waals surface area contributed by atoms with E-state index in [9.17, 15) is 23.1 Å². The summed E-state index contributed by atoms with van der Waals surface area (Å²) < 4.78 is 51.4. The van der Waals surface area contributed by atoms with Gasteiger partial charge in [-0.2, -0.15) is 18.2 Å². The van der Waals surface area contributed by atoms with Crippen LogP contribution in [0.2, 0.25) is 0 Å². The minimum absolute atomic E-state index is 0.0273. The van der Waals surface area contributed by atoms with E-state index in [-0.39, 0.29) is 24.1 Å². The molecule has 0 aromatic carbocycles. The number of morpholine rings is 1. The van der Waals surface area contributed by atoms with Crippen molar-refractivity contribution in [3.05, 3.63) is 18.0 Å². The van der Waals surface area contributed by atoms with E-state index in [1.165, 1.54) is 6.07 Å². The van der Waals surface area contributed by atoms with Crippen LogP contribution in [-0.4, -0.2) is 76.2 Å². The molecule has 1 amide bonds. The first-order chi connectivity index (χ1) is 15.1. The average Bonchev–Trinajstić information content (AvgIpc) is 3.08. The van der Waals surface area contributed by atoms with Crippen LogP contribution in [0.3, 0.4) is 0 Å². The number of hydrogen-bond acceptors (Lipinski definition) is 10. The zero-order valence-electron chi connectivity index (χ0n) is 17.0. The van der Waals surface area contributed by atoms with Crippen molar-refractivity contribution < 1.29 is 32.5 Å². The maximum Gasteiger partial charge on any atom is 0.434 e. The lowest BCUT2D eigenvalue weighted by molar-refractivity contribution is -0.140. The first kappa shape index (κ1) is 22.0. The van der Waals surface area contributed by atoms with Gasteiger partial charge in [-0.3, -0.25) is 0 Å². The second-order valence-electron chi connectivity index (χ2n) is 7.54. The number of aliphatic hydroxyl groups excluding tert-OH is 1. The maximum absolute atomic E-state index is 13.7. The Kier molecular flexibility index (Phi) is 5.50. The molecule has 14 heteroatoms. The van der Waals surface area contributed by atoms with E-state index in [4.69, 9.17) is 15.2 Å². The van der Waals surface area contributed by atoms with E-state index in [1.807, 2.05) is 0 Å². The van der Waals surface area contributed by atoms with Crippen molar-refractivity contribution in [1.29, 1.82) is 0 Å². The lowest BCUT2D eigenvalue weighted by Crippen LogP contribution is -2.48. The van der Waals surface area contributed by atoms with Crippen LogP contribution >= 0.6 is 0 Å². The van der Waals surface area contributed by atoms with Gasteiger partial charge >= 0.3 is 12.3 Å². The van der Waals surface area contributed by atoms with Gasteiger partial charge in [0.1, 0.15) is 18.0 Å². The standard InChI is InChI=1S/C18H20F3N7O4/c1-17(8-29)9-32-16(30)28(17)12-6-11(24-15(25-12)27-2-4-31-5-3-27)10-7-23-14(22)26-13(10)18(19,20)21/h6-7,29H,2-5,8-9H2,1H3,(H2,22,23,26)/t17-/m0/s1. The average molecular weight is 455 g/mol. The largest absolute Gasteiger partial charge is 0.447 e. The summed E-state index contributed by atoms with van der Waals surface area (Å²) in [5.41, 5.74) is 2.36. The second-order valence-corrected chi connectivity index (χ2v) is 7.54. The van der Waals surface area contributed by atoms with Gasteiger partial charge in [-0.25, -0.2) is 24.6 Å². The summed E-state index contributed by atoms with van der Waals surface area (Å²) in [6.45, 7) is 2.55. The third-order valence-corrected chi connectivity index (χ3v) is 5.15. The lowest BCUT2D eigenvalue weighted by Gasteiger charge is -2.31. The summed E-state index contributed by atoms with van der Waals surface area (Å²) in [5.74, 6) is -0.481. The Morgan fingerprint density at radius 1 is 1.25 bits per heavy atom. The third-order valence-electron chi connectivity index (χ3n) is 5.15. The molecular formula is C18H20F3N7O4. The molecule has 0 spiro atoms. The number of aromatic nitrogens is 4. The van der Waals surface area contributed by atoms with Crippen LogP contribution in [0.15, 0.2) is 12.3 Å². The van der Waals surface area contributed by atoms with Crippen molar-refractivity contribution in [2.75, 3.05) is 55.1 Å². The van der Waals surface area contributed by atoms with Crippen molar-refractivity contribution >= 4 is 23.8 Å². The number of nitrogens with zero attached hydrogens (tertiary/aromatic N) is 6. The minimum Gasteiger partial charge on any atom is -0.447 e. The Hall–Kier alpha value is -3.26. The number of alkyl halides is 3. The zero-order valence-corrected chi connectivity index (χ0v) is 17.0. The second kappa shape index (κ2) is 8.02. The molecule has 11 nitrogen and oxygen atoms in total. The summed E-state index contributed by atoms with van der Waals surface area (Å²) in [7, 11) is 0. The fraction of sp³-hybridized carbons (Fsp3) is 0.500. The molecule has 0 aliphatic carbocycles. The van der Waals surface area contributed by atoms with Crippen molar-refractivity contribution in [2.24, 2.45) is 0 Å². The Morgan fingerprint density at radius 3 is 2.62 bits per heavy atom. The number of carbonyl (C=O) groups is 1. The Bertz CT molecular complexity index is 1030. The molecule has 172 valence electrons. The molecule has 2 aliphatic rings. The molecule has 32 heavy (non-hydrogen) atoms. The van der Waals surface area contributed by atoms with Crippen molar-refractivity contribution in [3.63, 3.8) is 0 Å². The normalized spacial score (nSPS) is 21.7. The van der Waals surface area contributed by atoms with Crippen molar-refractivity contribution in [1.82, 2.24) is 19.9 Å². The van der Waals surface area contributed by atoms with E-state index >= 15 is 0 Å². The van der Waals surface area contributed by atoms with Crippen molar-refractivity contribution in [3.8, 4) is 11.3 Å². The molecule has 1 atom stereocenters. The SMILES string of the molecule is C[C@]1(CO)COC(=O)N1c1cc(-c2cnc(N)nc2C(F)(F)F)nc(N2CCOCC2)n1. The Morgan fingerprint density at radius 2 is 1.97 bits per heavy atom. The molecule has 2 aromatic rings. The van der Waals surface area contributed by atoms with Gasteiger partial charge in [0.05, 0.1) is 25.5 Å². The number of anilines is 3. The quantitative estimate of drug-likeness (QED) is 0.688. The molecule has 0 radical (unpaired) electrons. The van der Waals surface area contributed by atoms with Gasteiger partial charge in [0, 0.05) is 30.9 Å². The van der Waals surface area contributed by atoms with Gasteiger partial charge in [0.25, 0.3) is 0 Å². The van der Waals surface area contributed by atoms with Crippen LogP contribution in [-0.2, 0) is 15.7 Å². The molecule has 0 bridgehead atoms. The van der Waals surface area contributed by atoms with Crippen molar-refractivity contribution in [2.45, 2.75) is 18.6 Å². The first-order valence-electron chi connectivity index (χ1n) is 9.62. The number of nitrogens with two attached hydrogens (primary N) is 1. The van der Waals surface area contributed by atoms with E-state index in [0.717, 1.165) is 11.1 Å². The van der Waals surface area contributed by atoms with E-state index < -0.39 is 41.6 Å². The molecular weight excluding hydrogens is 435 g/mol. The highest BCUT2D eigenvalue weighted by Gasteiger charge is 2.46. The summed E-state index contributed by atoms with van der Waals surface area (Å²) in [4.78, 5) is 31.0. The van der Waals surface area contributed by atoms with Crippen LogP contribution in [0, 0.1) is 0 Å². The fourth-order valence-electron chi connectivity index (χ4n) is 3.43. The summed E-state index contributed by atoms with van der Waals surface area (Å²) >= 11 is 0. The smallest absolute Gasteiger partial charge is 0.434 e. The van der Waals surface area contributed by atoms with Crippen LogP contribution in [0.5, 0.6) is 0 Å². The van der Waals surface area contributed by atoms with Crippen LogP contribution in [0.1, 0.15) is 12.6 Å². The Balaban J connectivity index is 1.90. The predicted octanol–water partition coefficient (Wildman–Crippen LogP) is 1.08. The maximum atomic E-state index is 13.7. The number of aliphatic hydroxyl groups is 1. The number of cyclic esters (lactones) is 1. The molecule has 2 aliphatic heterocycles. The summed E-state index contributed by atoms with van der Waals surface area (Å²) in [6.07, 6.45) is -4.69. The number of ether oxygens (including phenoxy) is 2. The number of hydrogen-bond donors (Lipinski definition) is 2. The number of halogens is 3. The monoisotopic (exact) mass is 455 g/mol. The highest BCUT2D eigenvalue weighted by Crippen LogP contribution is 2.38. The molecule has 0 saturated carbocycles. The molecule has 2 saturated heterocycles. The zero-order chi connectivity index (χ0) is 23.1. The molecule has 4 rings (SSSR count). The first-order valence-corrected chi connectivity index (χ1v) is 9.62. The highest BCUT2D eigenvalue weighted by atomic mass is 19.4. The molecule has 0 unspecified atom stereocenters. The summed E-state index contributed by atoms with van der Waals surface area (Å²) in [6, 6.07) is 1.20. The van der Waals surface area contributed by atoms with Gasteiger partial charge in [0.2, 0.25) is 11.9 Å². The molecule has 2 fully saturated rings. The van der Waals surface area contributed by atoms with Gasteiger partial charge in [-0.05, 0) is 6.92 Å². The number of nitrogen functional groups attached to an aromatic ring is 1. The summed E-state index contributed by atoms with van der Waals surface area (Å²) in [5, 5.41) is 9.83. The van der Waals surface area contributed by atoms with Gasteiger partial charge in [-0.15, -0.1) is 0 Å².